The monoisotopic (exact) mass is 460 g/mol. The van der Waals surface area contributed by atoms with Crippen LogP contribution in [-0.4, -0.2) is 51.9 Å². The van der Waals surface area contributed by atoms with Gasteiger partial charge in [0.1, 0.15) is 16.1 Å². The second-order valence-electron chi connectivity index (χ2n) is 7.83. The first-order valence-corrected chi connectivity index (χ1v) is 11.7. The molecule has 0 spiro atoms. The average Bonchev–Trinajstić information content (AvgIpc) is 2.82. The summed E-state index contributed by atoms with van der Waals surface area (Å²) in [5.41, 5.74) is 0.898. The second kappa shape index (κ2) is 10.5. The predicted octanol–water partition coefficient (Wildman–Crippen LogP) is 3.35. The fraction of sp³-hybridized carbons (Fsp3) is 0.524. The first-order valence-electron chi connectivity index (χ1n) is 10.5. The standard InChI is InChI=1S/C21H25ClN6O2S/c22-20-18(24-12-16-2-1-9-30-14-16)13-26-28(21(20)29)17-5-7-27(8-6-17)31-19-4-3-15(10-23)11-25-19/h3-4,11,13,16-17,24H,1-2,5-9,12,14H2. The lowest BCUT2D eigenvalue weighted by atomic mass is 10.0. The zero-order valence-electron chi connectivity index (χ0n) is 17.2. The van der Waals surface area contributed by atoms with Crippen molar-refractivity contribution in [2.75, 3.05) is 38.2 Å². The number of piperidine rings is 1. The lowest BCUT2D eigenvalue weighted by Crippen LogP contribution is -2.36. The number of nitrogens with one attached hydrogen (secondary N) is 1. The SMILES string of the molecule is N#Cc1ccc(SN2CCC(n3ncc(NCC4CCCOC4)c(Cl)c3=O)CC2)nc1. The van der Waals surface area contributed by atoms with E-state index in [1.807, 2.05) is 6.07 Å². The van der Waals surface area contributed by atoms with Crippen molar-refractivity contribution in [1.82, 2.24) is 19.1 Å². The van der Waals surface area contributed by atoms with E-state index >= 15 is 0 Å². The molecule has 0 aromatic carbocycles. The molecule has 0 saturated carbocycles. The van der Waals surface area contributed by atoms with Gasteiger partial charge in [-0.15, -0.1) is 0 Å². The van der Waals surface area contributed by atoms with Crippen molar-refractivity contribution < 1.29 is 4.74 Å². The highest BCUT2D eigenvalue weighted by Gasteiger charge is 2.24. The van der Waals surface area contributed by atoms with Crippen LogP contribution in [0, 0.1) is 17.2 Å². The molecular formula is C21H25ClN6O2S. The van der Waals surface area contributed by atoms with Gasteiger partial charge < -0.3 is 10.1 Å². The lowest BCUT2D eigenvalue weighted by molar-refractivity contribution is 0.0595. The van der Waals surface area contributed by atoms with Crippen LogP contribution in [-0.2, 0) is 4.74 Å². The number of halogens is 1. The third kappa shape index (κ3) is 5.57. The van der Waals surface area contributed by atoms with Gasteiger partial charge in [-0.2, -0.15) is 10.4 Å². The largest absolute Gasteiger partial charge is 0.382 e. The lowest BCUT2D eigenvalue weighted by Gasteiger charge is -2.31. The Hall–Kier alpha value is -2.12. The van der Waals surface area contributed by atoms with Crippen LogP contribution in [0.5, 0.6) is 0 Å². The maximum atomic E-state index is 12.8. The van der Waals surface area contributed by atoms with Gasteiger partial charge in [0, 0.05) is 32.4 Å². The zero-order valence-corrected chi connectivity index (χ0v) is 18.7. The maximum absolute atomic E-state index is 12.8. The highest BCUT2D eigenvalue weighted by molar-refractivity contribution is 7.97. The van der Waals surface area contributed by atoms with E-state index in [0.717, 1.165) is 63.6 Å². The van der Waals surface area contributed by atoms with Crippen LogP contribution in [0.1, 0.15) is 37.3 Å². The smallest absolute Gasteiger partial charge is 0.287 e. The molecule has 4 heterocycles. The molecule has 2 aliphatic rings. The Kier molecular flexibility index (Phi) is 7.45. The number of anilines is 1. The molecule has 0 amide bonds. The summed E-state index contributed by atoms with van der Waals surface area (Å²) in [6.45, 7) is 3.92. The fourth-order valence-corrected chi connectivity index (χ4v) is 4.95. The molecule has 2 aromatic rings. The van der Waals surface area contributed by atoms with Crippen molar-refractivity contribution in [3.05, 3.63) is 45.5 Å². The van der Waals surface area contributed by atoms with Crippen molar-refractivity contribution >= 4 is 29.2 Å². The first kappa shape index (κ1) is 22.1. The first-order chi connectivity index (χ1) is 15.1. The van der Waals surface area contributed by atoms with E-state index in [4.69, 9.17) is 21.6 Å². The van der Waals surface area contributed by atoms with Crippen LogP contribution in [0.3, 0.4) is 0 Å². The predicted molar refractivity (Wildman–Crippen MR) is 120 cm³/mol. The van der Waals surface area contributed by atoms with E-state index in [1.54, 1.807) is 30.4 Å². The molecule has 4 rings (SSSR count). The molecule has 0 radical (unpaired) electrons. The third-order valence-electron chi connectivity index (χ3n) is 5.64. The van der Waals surface area contributed by atoms with E-state index in [9.17, 15) is 4.79 Å². The van der Waals surface area contributed by atoms with Gasteiger partial charge in [0.15, 0.2) is 0 Å². The minimum Gasteiger partial charge on any atom is -0.382 e. The summed E-state index contributed by atoms with van der Waals surface area (Å²) in [6.07, 6.45) is 7.03. The van der Waals surface area contributed by atoms with Crippen LogP contribution in [0.2, 0.25) is 5.02 Å². The number of ether oxygens (including phenoxy) is 1. The number of nitrogens with zero attached hydrogens (tertiary/aromatic N) is 5. The molecule has 8 nitrogen and oxygen atoms in total. The Morgan fingerprint density at radius 1 is 1.29 bits per heavy atom. The number of aromatic nitrogens is 3. The maximum Gasteiger partial charge on any atom is 0.287 e. The Morgan fingerprint density at radius 2 is 2.13 bits per heavy atom. The molecule has 0 aliphatic carbocycles. The number of rotatable bonds is 6. The summed E-state index contributed by atoms with van der Waals surface area (Å²) in [5, 5.41) is 17.6. The molecule has 1 N–H and O–H groups in total. The molecule has 2 aromatic heterocycles. The van der Waals surface area contributed by atoms with E-state index in [0.29, 0.717) is 17.2 Å². The fourth-order valence-electron chi connectivity index (χ4n) is 3.86. The second-order valence-corrected chi connectivity index (χ2v) is 9.33. The highest BCUT2D eigenvalue weighted by atomic mass is 35.5. The average molecular weight is 461 g/mol. The van der Waals surface area contributed by atoms with Gasteiger partial charge in [0.2, 0.25) is 0 Å². The topological polar surface area (TPSA) is 96.1 Å². The number of hydrogen-bond acceptors (Lipinski definition) is 8. The Balaban J connectivity index is 1.33. The van der Waals surface area contributed by atoms with E-state index in [2.05, 4.69) is 25.8 Å². The number of hydrogen-bond donors (Lipinski definition) is 1. The van der Waals surface area contributed by atoms with Gasteiger partial charge in [-0.1, -0.05) is 11.6 Å². The highest BCUT2D eigenvalue weighted by Crippen LogP contribution is 2.29. The summed E-state index contributed by atoms with van der Waals surface area (Å²) >= 11 is 7.95. The van der Waals surface area contributed by atoms with Gasteiger partial charge in [-0.3, -0.25) is 4.79 Å². The van der Waals surface area contributed by atoms with Crippen LogP contribution in [0.25, 0.3) is 0 Å². The van der Waals surface area contributed by atoms with Gasteiger partial charge >= 0.3 is 0 Å². The minimum atomic E-state index is -0.244. The van der Waals surface area contributed by atoms with Crippen LogP contribution in [0.15, 0.2) is 34.3 Å². The van der Waals surface area contributed by atoms with Crippen LogP contribution in [0.4, 0.5) is 5.69 Å². The Morgan fingerprint density at radius 3 is 2.81 bits per heavy atom. The Labute approximate surface area is 190 Å². The summed E-state index contributed by atoms with van der Waals surface area (Å²) in [4.78, 5) is 17.1. The Bertz CT molecular complexity index is 979. The summed E-state index contributed by atoms with van der Waals surface area (Å²) < 4.78 is 9.25. The van der Waals surface area contributed by atoms with Crippen LogP contribution < -0.4 is 10.9 Å². The quantitative estimate of drug-likeness (QED) is 0.655. The van der Waals surface area contributed by atoms with Gasteiger partial charge in [0.05, 0.1) is 30.1 Å². The molecule has 10 heteroatoms. The van der Waals surface area contributed by atoms with Crippen molar-refractivity contribution in [2.24, 2.45) is 5.92 Å². The molecule has 1 atom stereocenters. The molecule has 164 valence electrons. The van der Waals surface area contributed by atoms with Gasteiger partial charge in [0.25, 0.3) is 5.56 Å². The van der Waals surface area contributed by atoms with Crippen molar-refractivity contribution in [3.63, 3.8) is 0 Å². The van der Waals surface area contributed by atoms with E-state index < -0.39 is 0 Å². The normalized spacial score (nSPS) is 20.3. The third-order valence-corrected chi connectivity index (χ3v) is 7.05. The molecule has 1 unspecified atom stereocenters. The van der Waals surface area contributed by atoms with Crippen molar-refractivity contribution in [3.8, 4) is 6.07 Å². The molecule has 0 bridgehead atoms. The molecule has 31 heavy (non-hydrogen) atoms. The van der Waals surface area contributed by atoms with Gasteiger partial charge in [-0.05, 0) is 55.7 Å². The van der Waals surface area contributed by atoms with Crippen molar-refractivity contribution in [2.45, 2.75) is 36.8 Å². The number of pyridine rings is 1. The minimum absolute atomic E-state index is 0.0246. The van der Waals surface area contributed by atoms with Crippen LogP contribution >= 0.6 is 23.5 Å². The molecule has 2 saturated heterocycles. The summed E-state index contributed by atoms with van der Waals surface area (Å²) in [6, 6.07) is 5.72. The zero-order chi connectivity index (χ0) is 21.6. The van der Waals surface area contributed by atoms with Gasteiger partial charge in [-0.25, -0.2) is 14.0 Å². The molecular weight excluding hydrogens is 436 g/mol. The summed E-state index contributed by atoms with van der Waals surface area (Å²) in [5.74, 6) is 0.430. The van der Waals surface area contributed by atoms with Crippen molar-refractivity contribution in [1.29, 1.82) is 5.26 Å². The molecule has 2 aliphatic heterocycles. The molecule has 2 fully saturated rings. The van der Waals surface area contributed by atoms with E-state index in [-0.39, 0.29) is 16.6 Å². The number of nitriles is 1. The summed E-state index contributed by atoms with van der Waals surface area (Å²) in [7, 11) is 0. The van der Waals surface area contributed by atoms with E-state index in [1.165, 1.54) is 4.68 Å².